The van der Waals surface area contributed by atoms with Crippen LogP contribution in [0.2, 0.25) is 0 Å². The highest BCUT2D eigenvalue weighted by Crippen LogP contribution is 2.08. The van der Waals surface area contributed by atoms with Crippen LogP contribution in [0.15, 0.2) is 47.7 Å². The number of halogens is 1. The van der Waals surface area contributed by atoms with Gasteiger partial charge in [0.05, 0.1) is 12.7 Å². The molecule has 2 heterocycles. The normalized spacial score (nSPS) is 16.3. The summed E-state index contributed by atoms with van der Waals surface area (Å²) >= 11 is 0. The highest BCUT2D eigenvalue weighted by Gasteiger charge is 2.15. The highest BCUT2D eigenvalue weighted by molar-refractivity contribution is 14.0. The zero-order chi connectivity index (χ0) is 20.2. The first-order valence-electron chi connectivity index (χ1n) is 10.6. The number of guanidine groups is 1. The number of ether oxygens (including phenoxy) is 2. The SMILES string of the molecule is CCNC(=NCCCOC1CCOC1)NCCc1nccn1Cc1ccccc1.I. The van der Waals surface area contributed by atoms with Gasteiger partial charge in [0, 0.05) is 58.2 Å². The fraction of sp³-hybridized carbons (Fsp3) is 0.545. The van der Waals surface area contributed by atoms with Gasteiger partial charge < -0.3 is 24.7 Å². The summed E-state index contributed by atoms with van der Waals surface area (Å²) in [6.45, 7) is 7.56. The Morgan fingerprint density at radius 1 is 1.30 bits per heavy atom. The molecule has 3 rings (SSSR count). The smallest absolute Gasteiger partial charge is 0.191 e. The van der Waals surface area contributed by atoms with Crippen molar-refractivity contribution in [1.82, 2.24) is 20.2 Å². The summed E-state index contributed by atoms with van der Waals surface area (Å²) in [5, 5.41) is 6.71. The van der Waals surface area contributed by atoms with Crippen molar-refractivity contribution >= 4 is 29.9 Å². The van der Waals surface area contributed by atoms with Crippen molar-refractivity contribution in [3.05, 3.63) is 54.1 Å². The van der Waals surface area contributed by atoms with Gasteiger partial charge in [0.2, 0.25) is 0 Å². The van der Waals surface area contributed by atoms with Gasteiger partial charge in [-0.25, -0.2) is 4.98 Å². The van der Waals surface area contributed by atoms with Gasteiger partial charge in [0.1, 0.15) is 5.82 Å². The Balaban J connectivity index is 0.00000320. The van der Waals surface area contributed by atoms with Crippen LogP contribution in [-0.2, 0) is 22.4 Å². The van der Waals surface area contributed by atoms with Crippen LogP contribution < -0.4 is 10.6 Å². The van der Waals surface area contributed by atoms with E-state index in [1.165, 1.54) is 5.56 Å². The molecule has 1 aromatic heterocycles. The molecule has 0 spiro atoms. The molecule has 1 aliphatic heterocycles. The molecule has 0 amide bonds. The van der Waals surface area contributed by atoms with Gasteiger partial charge >= 0.3 is 0 Å². The Hall–Kier alpha value is -1.65. The van der Waals surface area contributed by atoms with Gasteiger partial charge in [-0.1, -0.05) is 30.3 Å². The Labute approximate surface area is 196 Å². The Bertz CT molecular complexity index is 732. The zero-order valence-corrected chi connectivity index (χ0v) is 20.1. The highest BCUT2D eigenvalue weighted by atomic mass is 127. The van der Waals surface area contributed by atoms with E-state index in [1.54, 1.807) is 0 Å². The Morgan fingerprint density at radius 2 is 2.17 bits per heavy atom. The van der Waals surface area contributed by atoms with Gasteiger partial charge in [-0.05, 0) is 25.3 Å². The van der Waals surface area contributed by atoms with Crippen molar-refractivity contribution in [2.75, 3.05) is 39.5 Å². The summed E-state index contributed by atoms with van der Waals surface area (Å²) in [4.78, 5) is 9.16. The largest absolute Gasteiger partial charge is 0.379 e. The molecular weight excluding hydrogens is 493 g/mol. The molecule has 30 heavy (non-hydrogen) atoms. The van der Waals surface area contributed by atoms with E-state index in [4.69, 9.17) is 9.47 Å². The number of hydrogen-bond donors (Lipinski definition) is 2. The van der Waals surface area contributed by atoms with Gasteiger partial charge in [0.15, 0.2) is 5.96 Å². The number of rotatable bonds is 11. The second-order valence-electron chi connectivity index (χ2n) is 7.10. The van der Waals surface area contributed by atoms with E-state index in [9.17, 15) is 0 Å². The quantitative estimate of drug-likeness (QED) is 0.204. The number of nitrogens with zero attached hydrogens (tertiary/aromatic N) is 3. The molecule has 2 N–H and O–H groups in total. The Kier molecular flexibility index (Phi) is 11.8. The summed E-state index contributed by atoms with van der Waals surface area (Å²) < 4.78 is 13.3. The van der Waals surface area contributed by atoms with E-state index in [2.05, 4.69) is 56.4 Å². The number of aromatic nitrogens is 2. The molecule has 1 aromatic carbocycles. The first kappa shape index (κ1) is 24.6. The molecule has 1 atom stereocenters. The minimum atomic E-state index is 0. The monoisotopic (exact) mass is 527 g/mol. The molecule has 7 nitrogen and oxygen atoms in total. The third-order valence-electron chi connectivity index (χ3n) is 4.80. The maximum Gasteiger partial charge on any atom is 0.191 e. The predicted molar refractivity (Wildman–Crippen MR) is 131 cm³/mol. The molecule has 8 heteroatoms. The van der Waals surface area contributed by atoms with Crippen molar-refractivity contribution in [3.63, 3.8) is 0 Å². The van der Waals surface area contributed by atoms with Crippen LogP contribution in [0.4, 0.5) is 0 Å². The van der Waals surface area contributed by atoms with Crippen molar-refractivity contribution in [2.45, 2.75) is 38.8 Å². The van der Waals surface area contributed by atoms with Crippen molar-refractivity contribution in [1.29, 1.82) is 0 Å². The lowest BCUT2D eigenvalue weighted by Gasteiger charge is -2.13. The molecule has 2 aromatic rings. The van der Waals surface area contributed by atoms with Crippen LogP contribution >= 0.6 is 24.0 Å². The first-order valence-corrected chi connectivity index (χ1v) is 10.6. The van der Waals surface area contributed by atoms with E-state index in [0.29, 0.717) is 0 Å². The van der Waals surface area contributed by atoms with Crippen molar-refractivity contribution < 1.29 is 9.47 Å². The minimum Gasteiger partial charge on any atom is -0.379 e. The summed E-state index contributed by atoms with van der Waals surface area (Å²) in [5.74, 6) is 1.92. The molecule has 0 aliphatic carbocycles. The van der Waals surface area contributed by atoms with E-state index < -0.39 is 0 Å². The fourth-order valence-electron chi connectivity index (χ4n) is 3.28. The van der Waals surface area contributed by atoms with Crippen LogP contribution in [0.5, 0.6) is 0 Å². The Morgan fingerprint density at radius 3 is 2.93 bits per heavy atom. The lowest BCUT2D eigenvalue weighted by molar-refractivity contribution is 0.0424. The summed E-state index contributed by atoms with van der Waals surface area (Å²) in [5.41, 5.74) is 1.28. The zero-order valence-electron chi connectivity index (χ0n) is 17.8. The van der Waals surface area contributed by atoms with Crippen LogP contribution in [-0.4, -0.2) is 61.1 Å². The van der Waals surface area contributed by atoms with Gasteiger partial charge in [-0.3, -0.25) is 4.99 Å². The number of benzene rings is 1. The molecule has 1 saturated heterocycles. The predicted octanol–water partition coefficient (Wildman–Crippen LogP) is 2.84. The van der Waals surface area contributed by atoms with Crippen molar-refractivity contribution in [2.24, 2.45) is 4.99 Å². The maximum atomic E-state index is 5.79. The van der Waals surface area contributed by atoms with Gasteiger partial charge in [-0.2, -0.15) is 0 Å². The number of imidazole rings is 1. The van der Waals surface area contributed by atoms with Crippen LogP contribution in [0.25, 0.3) is 0 Å². The lowest BCUT2D eigenvalue weighted by Crippen LogP contribution is -2.38. The van der Waals surface area contributed by atoms with E-state index in [-0.39, 0.29) is 30.1 Å². The molecule has 1 unspecified atom stereocenters. The summed E-state index contributed by atoms with van der Waals surface area (Å²) in [7, 11) is 0. The lowest BCUT2D eigenvalue weighted by atomic mass is 10.2. The second-order valence-corrected chi connectivity index (χ2v) is 7.10. The van der Waals surface area contributed by atoms with Crippen LogP contribution in [0.1, 0.15) is 31.2 Å². The standard InChI is InChI=1S/C22H33N5O2.HI/c1-2-23-22(25-11-6-15-29-20-10-16-28-18-20)26-12-9-21-24-13-14-27(21)17-19-7-4-3-5-8-19;/h3-5,7-8,13-14,20H,2,6,9-12,15-18H2,1H3,(H2,23,25,26);1H. The van der Waals surface area contributed by atoms with E-state index in [0.717, 1.165) is 77.0 Å². The van der Waals surface area contributed by atoms with E-state index >= 15 is 0 Å². The van der Waals surface area contributed by atoms with Crippen LogP contribution in [0, 0.1) is 0 Å². The molecule has 0 saturated carbocycles. The maximum absolute atomic E-state index is 5.79. The average molecular weight is 527 g/mol. The summed E-state index contributed by atoms with van der Waals surface area (Å²) in [6, 6.07) is 10.5. The number of aliphatic imine (C=N–C) groups is 1. The van der Waals surface area contributed by atoms with Gasteiger partial charge in [-0.15, -0.1) is 24.0 Å². The number of nitrogens with one attached hydrogen (secondary N) is 2. The third kappa shape index (κ3) is 8.61. The molecule has 1 aliphatic rings. The number of hydrogen-bond acceptors (Lipinski definition) is 4. The fourth-order valence-corrected chi connectivity index (χ4v) is 3.28. The third-order valence-corrected chi connectivity index (χ3v) is 4.80. The first-order chi connectivity index (χ1) is 14.3. The molecule has 1 fully saturated rings. The van der Waals surface area contributed by atoms with Crippen LogP contribution in [0.3, 0.4) is 0 Å². The van der Waals surface area contributed by atoms with Crippen molar-refractivity contribution in [3.8, 4) is 0 Å². The molecule has 166 valence electrons. The minimum absolute atomic E-state index is 0. The van der Waals surface area contributed by atoms with E-state index in [1.807, 2.05) is 18.5 Å². The second kappa shape index (κ2) is 14.4. The average Bonchev–Trinajstić information content (AvgIpc) is 3.41. The topological polar surface area (TPSA) is 72.7 Å². The molecular formula is C22H34IN5O2. The van der Waals surface area contributed by atoms with Gasteiger partial charge in [0.25, 0.3) is 0 Å². The summed E-state index contributed by atoms with van der Waals surface area (Å²) in [6.07, 6.45) is 6.94. The molecule has 0 radical (unpaired) electrons. The molecule has 0 bridgehead atoms.